The van der Waals surface area contributed by atoms with Gasteiger partial charge in [-0.1, -0.05) is 53.2 Å². The Morgan fingerprint density at radius 1 is 1.12 bits per heavy atom. The molecule has 3 aromatic carbocycles. The Kier molecular flexibility index (Phi) is 6.02. The molecule has 1 atom stereocenters. The largest absolute Gasteiger partial charge is 0.490 e. The molecule has 0 unspecified atom stereocenters. The van der Waals surface area contributed by atoms with Gasteiger partial charge >= 0.3 is 0 Å². The maximum Gasteiger partial charge on any atom is 0.282 e. The molecular formula is C27H22BrN3O3. The van der Waals surface area contributed by atoms with Gasteiger partial charge in [-0.2, -0.15) is 9.78 Å². The van der Waals surface area contributed by atoms with Gasteiger partial charge in [0.2, 0.25) is 5.82 Å². The lowest BCUT2D eigenvalue weighted by atomic mass is 10.2. The second-order valence-corrected chi connectivity index (χ2v) is 8.90. The van der Waals surface area contributed by atoms with Gasteiger partial charge in [0.25, 0.3) is 5.56 Å². The molecule has 170 valence electrons. The number of para-hydroxylation sites is 2. The van der Waals surface area contributed by atoms with Gasteiger partial charge in [0.1, 0.15) is 11.3 Å². The van der Waals surface area contributed by atoms with Crippen LogP contribution in [0.3, 0.4) is 0 Å². The molecule has 0 bridgehead atoms. The molecule has 0 saturated heterocycles. The smallest absolute Gasteiger partial charge is 0.282 e. The number of nitrogens with zero attached hydrogens (tertiary/aromatic N) is 3. The van der Waals surface area contributed by atoms with Gasteiger partial charge < -0.3 is 9.15 Å². The molecule has 2 heterocycles. The minimum Gasteiger partial charge on any atom is -0.490 e. The maximum atomic E-state index is 13.5. The first-order valence-electron chi connectivity index (χ1n) is 11.0. The summed E-state index contributed by atoms with van der Waals surface area (Å²) in [6.45, 7) is 4.08. The summed E-state index contributed by atoms with van der Waals surface area (Å²) >= 11 is 3.51. The van der Waals surface area contributed by atoms with Gasteiger partial charge in [0, 0.05) is 15.4 Å². The van der Waals surface area contributed by atoms with Crippen LogP contribution in [0, 0.1) is 0 Å². The van der Waals surface area contributed by atoms with Crippen molar-refractivity contribution < 1.29 is 9.15 Å². The molecule has 7 heteroatoms. The summed E-state index contributed by atoms with van der Waals surface area (Å²) in [5, 5.41) is 5.96. The average Bonchev–Trinajstić information content (AvgIpc) is 3.29. The molecule has 5 aromatic rings. The zero-order valence-electron chi connectivity index (χ0n) is 18.7. The van der Waals surface area contributed by atoms with Crippen LogP contribution in [0.4, 0.5) is 0 Å². The standard InChI is InChI=1S/C27H22BrN3O3/c1-3-17(2)33-24-13-12-20(28)14-19(24)16-29-31-26(25-15-18-8-4-7-11-23(18)34-25)30-22-10-6-5-9-21(22)27(31)32/h4-17H,3H2,1-2H3/t17-/m1/s1. The third kappa shape index (κ3) is 4.26. The number of aromatic nitrogens is 2. The summed E-state index contributed by atoms with van der Waals surface area (Å²) in [5.74, 6) is 1.48. The van der Waals surface area contributed by atoms with Crippen LogP contribution in [0.2, 0.25) is 0 Å². The van der Waals surface area contributed by atoms with Crippen LogP contribution in [0.15, 0.2) is 91.6 Å². The summed E-state index contributed by atoms with van der Waals surface area (Å²) in [5.41, 5.74) is 1.76. The van der Waals surface area contributed by atoms with Crippen molar-refractivity contribution in [1.29, 1.82) is 0 Å². The Hall–Kier alpha value is -3.71. The van der Waals surface area contributed by atoms with Crippen LogP contribution in [0.25, 0.3) is 33.5 Å². The molecule has 0 radical (unpaired) electrons. The molecule has 0 spiro atoms. The molecule has 34 heavy (non-hydrogen) atoms. The zero-order chi connectivity index (χ0) is 23.7. The lowest BCUT2D eigenvalue weighted by Gasteiger charge is -2.15. The topological polar surface area (TPSA) is 69.6 Å². The third-order valence-corrected chi connectivity index (χ3v) is 6.08. The number of hydrogen-bond acceptors (Lipinski definition) is 5. The fourth-order valence-corrected chi connectivity index (χ4v) is 4.01. The average molecular weight is 516 g/mol. The fraction of sp³-hybridized carbons (Fsp3) is 0.148. The molecule has 5 rings (SSSR count). The normalized spacial score (nSPS) is 12.6. The molecule has 0 fully saturated rings. The third-order valence-electron chi connectivity index (χ3n) is 5.59. The van der Waals surface area contributed by atoms with E-state index in [0.29, 0.717) is 33.8 Å². The van der Waals surface area contributed by atoms with Gasteiger partial charge in [-0.15, -0.1) is 0 Å². The number of fused-ring (bicyclic) bond motifs is 2. The number of hydrogen-bond donors (Lipinski definition) is 0. The maximum absolute atomic E-state index is 13.5. The minimum atomic E-state index is -0.281. The van der Waals surface area contributed by atoms with E-state index in [1.54, 1.807) is 12.3 Å². The van der Waals surface area contributed by atoms with Crippen molar-refractivity contribution in [2.45, 2.75) is 26.4 Å². The van der Waals surface area contributed by atoms with E-state index in [-0.39, 0.29) is 11.7 Å². The van der Waals surface area contributed by atoms with Crippen molar-refractivity contribution in [3.63, 3.8) is 0 Å². The number of ether oxygens (including phenoxy) is 1. The molecule has 0 N–H and O–H groups in total. The van der Waals surface area contributed by atoms with E-state index in [1.165, 1.54) is 4.68 Å². The highest BCUT2D eigenvalue weighted by Gasteiger charge is 2.16. The number of benzene rings is 3. The van der Waals surface area contributed by atoms with E-state index in [4.69, 9.17) is 14.1 Å². The van der Waals surface area contributed by atoms with E-state index in [0.717, 1.165) is 21.8 Å². The summed E-state index contributed by atoms with van der Waals surface area (Å²) in [4.78, 5) is 18.2. The molecule has 0 amide bonds. The van der Waals surface area contributed by atoms with Crippen LogP contribution in [-0.2, 0) is 0 Å². The van der Waals surface area contributed by atoms with Crippen molar-refractivity contribution in [1.82, 2.24) is 9.66 Å². The summed E-state index contributed by atoms with van der Waals surface area (Å²) in [6, 6.07) is 22.5. The van der Waals surface area contributed by atoms with E-state index in [1.807, 2.05) is 73.7 Å². The lowest BCUT2D eigenvalue weighted by molar-refractivity contribution is 0.217. The molecule has 6 nitrogen and oxygen atoms in total. The monoisotopic (exact) mass is 515 g/mol. The Morgan fingerprint density at radius 3 is 2.74 bits per heavy atom. The van der Waals surface area contributed by atoms with E-state index >= 15 is 0 Å². The summed E-state index contributed by atoms with van der Waals surface area (Å²) in [7, 11) is 0. The van der Waals surface area contributed by atoms with Gasteiger partial charge in [-0.25, -0.2) is 4.98 Å². The first kappa shape index (κ1) is 22.1. The van der Waals surface area contributed by atoms with Crippen LogP contribution in [-0.4, -0.2) is 22.0 Å². The minimum absolute atomic E-state index is 0.0458. The fourth-order valence-electron chi connectivity index (χ4n) is 3.63. The van der Waals surface area contributed by atoms with Gasteiger partial charge in [-0.05, 0) is 55.8 Å². The zero-order valence-corrected chi connectivity index (χ0v) is 20.3. The van der Waals surface area contributed by atoms with E-state index in [2.05, 4.69) is 28.0 Å². The Morgan fingerprint density at radius 2 is 1.91 bits per heavy atom. The second kappa shape index (κ2) is 9.27. The van der Waals surface area contributed by atoms with E-state index in [9.17, 15) is 4.79 Å². The Balaban J connectivity index is 1.69. The second-order valence-electron chi connectivity index (χ2n) is 7.98. The number of rotatable bonds is 6. The lowest BCUT2D eigenvalue weighted by Crippen LogP contribution is -2.20. The summed E-state index contributed by atoms with van der Waals surface area (Å²) in [6.07, 6.45) is 2.54. The molecule has 0 saturated carbocycles. The Labute approximate surface area is 204 Å². The van der Waals surface area contributed by atoms with E-state index < -0.39 is 0 Å². The van der Waals surface area contributed by atoms with Gasteiger partial charge in [0.05, 0.1) is 23.2 Å². The predicted octanol–water partition coefficient (Wildman–Crippen LogP) is 6.63. The van der Waals surface area contributed by atoms with Crippen molar-refractivity contribution in [2.24, 2.45) is 5.10 Å². The highest BCUT2D eigenvalue weighted by Crippen LogP contribution is 2.28. The van der Waals surface area contributed by atoms with Crippen molar-refractivity contribution in [2.75, 3.05) is 0 Å². The van der Waals surface area contributed by atoms with Crippen LogP contribution < -0.4 is 10.3 Å². The number of halogens is 1. The first-order valence-corrected chi connectivity index (χ1v) is 11.8. The van der Waals surface area contributed by atoms with Gasteiger partial charge in [0.15, 0.2) is 5.76 Å². The predicted molar refractivity (Wildman–Crippen MR) is 139 cm³/mol. The summed E-state index contributed by atoms with van der Waals surface area (Å²) < 4.78 is 14.3. The van der Waals surface area contributed by atoms with Crippen LogP contribution in [0.5, 0.6) is 5.75 Å². The van der Waals surface area contributed by atoms with Crippen molar-refractivity contribution in [3.05, 3.63) is 93.2 Å². The molecular weight excluding hydrogens is 494 g/mol. The first-order chi connectivity index (χ1) is 16.5. The SMILES string of the molecule is CC[C@@H](C)Oc1ccc(Br)cc1C=Nn1c(-c2cc3ccccc3o2)nc2ccccc2c1=O. The van der Waals surface area contributed by atoms with Crippen LogP contribution in [0.1, 0.15) is 25.8 Å². The quantitative estimate of drug-likeness (QED) is 0.238. The van der Waals surface area contributed by atoms with Crippen molar-refractivity contribution >= 4 is 44.0 Å². The van der Waals surface area contributed by atoms with Crippen molar-refractivity contribution in [3.8, 4) is 17.3 Å². The Bertz CT molecular complexity index is 1550. The van der Waals surface area contributed by atoms with Gasteiger partial charge in [-0.3, -0.25) is 4.79 Å². The number of furan rings is 1. The molecule has 0 aliphatic carbocycles. The molecule has 2 aromatic heterocycles. The van der Waals surface area contributed by atoms with Crippen LogP contribution >= 0.6 is 15.9 Å². The highest BCUT2D eigenvalue weighted by molar-refractivity contribution is 9.10. The highest BCUT2D eigenvalue weighted by atomic mass is 79.9. The molecule has 0 aliphatic rings. The molecule has 0 aliphatic heterocycles.